The Bertz CT molecular complexity index is 1140. The average Bonchev–Trinajstić information content (AvgIpc) is 3.19. The molecule has 0 bridgehead atoms. The summed E-state index contributed by atoms with van der Waals surface area (Å²) in [6.07, 6.45) is 4.55. The summed E-state index contributed by atoms with van der Waals surface area (Å²) in [5, 5.41) is 0. The van der Waals surface area contributed by atoms with Gasteiger partial charge in [0.25, 0.3) is 0 Å². The first-order chi connectivity index (χ1) is 15.4. The van der Waals surface area contributed by atoms with Gasteiger partial charge in [0.15, 0.2) is 5.78 Å². The van der Waals surface area contributed by atoms with E-state index in [2.05, 4.69) is 61.5 Å². The second-order valence-corrected chi connectivity index (χ2v) is 9.31. The minimum absolute atomic E-state index is 0.191. The Labute approximate surface area is 191 Å². The van der Waals surface area contributed by atoms with E-state index in [1.807, 2.05) is 19.9 Å². The van der Waals surface area contributed by atoms with Gasteiger partial charge in [-0.15, -0.1) is 0 Å². The van der Waals surface area contributed by atoms with Crippen LogP contribution in [-0.4, -0.2) is 11.6 Å². The highest BCUT2D eigenvalue weighted by atomic mass is 16.1. The van der Waals surface area contributed by atoms with Gasteiger partial charge in [-0.25, -0.2) is 0 Å². The molecule has 3 aromatic rings. The van der Waals surface area contributed by atoms with Crippen LogP contribution in [0.2, 0.25) is 0 Å². The Morgan fingerprint density at radius 2 is 1.56 bits per heavy atom. The number of ketones is 2. The van der Waals surface area contributed by atoms with Crippen molar-refractivity contribution in [1.82, 2.24) is 0 Å². The van der Waals surface area contributed by atoms with E-state index in [0.29, 0.717) is 31.0 Å². The molecular formula is C30H32O2. The van der Waals surface area contributed by atoms with Gasteiger partial charge in [0.1, 0.15) is 5.78 Å². The van der Waals surface area contributed by atoms with Gasteiger partial charge in [-0.05, 0) is 72.9 Å². The molecular weight excluding hydrogens is 392 g/mol. The number of hydrogen-bond donors (Lipinski definition) is 0. The summed E-state index contributed by atoms with van der Waals surface area (Å²) in [5.41, 5.74) is 9.18. The van der Waals surface area contributed by atoms with E-state index >= 15 is 0 Å². The fraction of sp³-hybridized carbons (Fsp3) is 0.333. The molecule has 1 atom stereocenters. The maximum atomic E-state index is 13.2. The van der Waals surface area contributed by atoms with Crippen LogP contribution in [0.5, 0.6) is 0 Å². The van der Waals surface area contributed by atoms with Gasteiger partial charge in [0.2, 0.25) is 0 Å². The SMILES string of the molecule is CCC(=O)CC1Cc2ccc(CCC(=O)c3cc(C)ccc3-c3ccc(C)cc3)cc2C1. The first-order valence-electron chi connectivity index (χ1n) is 11.8. The molecule has 0 fully saturated rings. The van der Waals surface area contributed by atoms with Crippen LogP contribution in [-0.2, 0) is 24.1 Å². The summed E-state index contributed by atoms with van der Waals surface area (Å²) in [6.45, 7) is 6.05. The third-order valence-electron chi connectivity index (χ3n) is 6.68. The van der Waals surface area contributed by atoms with Gasteiger partial charge in [-0.1, -0.05) is 72.6 Å². The summed E-state index contributed by atoms with van der Waals surface area (Å²) >= 11 is 0. The molecule has 2 nitrogen and oxygen atoms in total. The van der Waals surface area contributed by atoms with Crippen molar-refractivity contribution in [2.75, 3.05) is 0 Å². The van der Waals surface area contributed by atoms with Gasteiger partial charge in [-0.2, -0.15) is 0 Å². The van der Waals surface area contributed by atoms with Crippen LogP contribution in [0, 0.1) is 19.8 Å². The highest BCUT2D eigenvalue weighted by Crippen LogP contribution is 2.31. The molecule has 0 saturated carbocycles. The van der Waals surface area contributed by atoms with Crippen LogP contribution in [0.25, 0.3) is 11.1 Å². The molecule has 1 unspecified atom stereocenters. The quantitative estimate of drug-likeness (QED) is 0.370. The Balaban J connectivity index is 1.46. The molecule has 0 aliphatic heterocycles. The zero-order valence-electron chi connectivity index (χ0n) is 19.4. The molecule has 32 heavy (non-hydrogen) atoms. The monoisotopic (exact) mass is 424 g/mol. The van der Waals surface area contributed by atoms with Crippen molar-refractivity contribution in [3.8, 4) is 11.1 Å². The summed E-state index contributed by atoms with van der Waals surface area (Å²) in [7, 11) is 0. The lowest BCUT2D eigenvalue weighted by molar-refractivity contribution is -0.119. The number of carbonyl (C=O) groups is 2. The second-order valence-electron chi connectivity index (χ2n) is 9.31. The zero-order chi connectivity index (χ0) is 22.7. The fourth-order valence-corrected chi connectivity index (χ4v) is 4.79. The van der Waals surface area contributed by atoms with Gasteiger partial charge in [0, 0.05) is 24.8 Å². The Hall–Kier alpha value is -3.00. The fourth-order valence-electron chi connectivity index (χ4n) is 4.79. The zero-order valence-corrected chi connectivity index (χ0v) is 19.4. The first kappa shape index (κ1) is 22.2. The molecule has 3 aromatic carbocycles. The molecule has 0 aromatic heterocycles. The molecule has 2 heteroatoms. The molecule has 0 amide bonds. The van der Waals surface area contributed by atoms with E-state index in [-0.39, 0.29) is 5.78 Å². The predicted molar refractivity (Wildman–Crippen MR) is 131 cm³/mol. The maximum absolute atomic E-state index is 13.2. The van der Waals surface area contributed by atoms with E-state index < -0.39 is 0 Å². The lowest BCUT2D eigenvalue weighted by Crippen LogP contribution is -2.07. The first-order valence-corrected chi connectivity index (χ1v) is 11.8. The van der Waals surface area contributed by atoms with E-state index in [1.54, 1.807) is 0 Å². The van der Waals surface area contributed by atoms with E-state index in [0.717, 1.165) is 41.5 Å². The summed E-state index contributed by atoms with van der Waals surface area (Å²) in [4.78, 5) is 25.1. The normalized spacial score (nSPS) is 14.9. The third kappa shape index (κ3) is 5.07. The van der Waals surface area contributed by atoms with Gasteiger partial charge < -0.3 is 0 Å². The van der Waals surface area contributed by atoms with E-state index in [9.17, 15) is 9.59 Å². The third-order valence-corrected chi connectivity index (χ3v) is 6.68. The smallest absolute Gasteiger partial charge is 0.163 e. The second kappa shape index (κ2) is 9.65. The maximum Gasteiger partial charge on any atom is 0.163 e. The van der Waals surface area contributed by atoms with Crippen molar-refractivity contribution < 1.29 is 9.59 Å². The highest BCUT2D eigenvalue weighted by molar-refractivity contribution is 6.02. The number of carbonyl (C=O) groups excluding carboxylic acids is 2. The van der Waals surface area contributed by atoms with Crippen molar-refractivity contribution in [1.29, 1.82) is 0 Å². The van der Waals surface area contributed by atoms with Gasteiger partial charge >= 0.3 is 0 Å². The Kier molecular flexibility index (Phi) is 6.69. The highest BCUT2D eigenvalue weighted by Gasteiger charge is 2.23. The largest absolute Gasteiger partial charge is 0.300 e. The van der Waals surface area contributed by atoms with Crippen LogP contribution < -0.4 is 0 Å². The lowest BCUT2D eigenvalue weighted by Gasteiger charge is -2.11. The van der Waals surface area contributed by atoms with Crippen LogP contribution >= 0.6 is 0 Å². The molecule has 164 valence electrons. The number of benzene rings is 3. The number of Topliss-reactive ketones (excluding diaryl/α,β-unsaturated/α-hetero) is 2. The number of aryl methyl sites for hydroxylation is 3. The minimum atomic E-state index is 0.191. The molecule has 0 radical (unpaired) electrons. The Morgan fingerprint density at radius 3 is 2.31 bits per heavy atom. The van der Waals surface area contributed by atoms with Crippen LogP contribution in [0.4, 0.5) is 0 Å². The standard InChI is InChI=1S/C30H32O2/c1-4-27(31)19-23-17-25-12-8-22(16-26(25)18-23)9-14-30(32)29-15-21(3)7-13-28(29)24-10-5-20(2)6-11-24/h5-8,10-13,15-16,23H,4,9,14,17-19H2,1-3H3. The molecule has 0 N–H and O–H groups in total. The number of rotatable bonds is 8. The van der Waals surface area contributed by atoms with Crippen LogP contribution in [0.3, 0.4) is 0 Å². The van der Waals surface area contributed by atoms with E-state index in [1.165, 1.54) is 22.3 Å². The number of fused-ring (bicyclic) bond motifs is 1. The summed E-state index contributed by atoms with van der Waals surface area (Å²) in [6, 6.07) is 21.2. The predicted octanol–water partition coefficient (Wildman–Crippen LogP) is 6.87. The molecule has 4 rings (SSSR count). The van der Waals surface area contributed by atoms with Crippen molar-refractivity contribution in [3.05, 3.63) is 94.0 Å². The average molecular weight is 425 g/mol. The molecule has 0 heterocycles. The number of hydrogen-bond acceptors (Lipinski definition) is 2. The van der Waals surface area contributed by atoms with E-state index in [4.69, 9.17) is 0 Å². The van der Waals surface area contributed by atoms with Crippen molar-refractivity contribution in [3.63, 3.8) is 0 Å². The van der Waals surface area contributed by atoms with Crippen LogP contribution in [0.1, 0.15) is 64.4 Å². The van der Waals surface area contributed by atoms with Crippen molar-refractivity contribution >= 4 is 11.6 Å². The summed E-state index contributed by atoms with van der Waals surface area (Å²) < 4.78 is 0. The topological polar surface area (TPSA) is 34.1 Å². The molecule has 1 aliphatic rings. The summed E-state index contributed by atoms with van der Waals surface area (Å²) in [5.74, 6) is 0.992. The van der Waals surface area contributed by atoms with Crippen molar-refractivity contribution in [2.24, 2.45) is 5.92 Å². The Morgan fingerprint density at radius 1 is 0.844 bits per heavy atom. The molecule has 1 aliphatic carbocycles. The van der Waals surface area contributed by atoms with Gasteiger partial charge in [0.05, 0.1) is 0 Å². The lowest BCUT2D eigenvalue weighted by atomic mass is 9.92. The minimum Gasteiger partial charge on any atom is -0.300 e. The van der Waals surface area contributed by atoms with Crippen LogP contribution in [0.15, 0.2) is 60.7 Å². The molecule has 0 spiro atoms. The van der Waals surface area contributed by atoms with Crippen molar-refractivity contribution in [2.45, 2.75) is 59.3 Å². The van der Waals surface area contributed by atoms with Gasteiger partial charge in [-0.3, -0.25) is 9.59 Å². The molecule has 0 saturated heterocycles.